The minimum absolute atomic E-state index is 0.100. The van der Waals surface area contributed by atoms with Gasteiger partial charge in [-0.1, -0.05) is 18.7 Å². The lowest BCUT2D eigenvalue weighted by Gasteiger charge is -2.24. The average molecular weight is 311 g/mol. The number of amides is 1. The van der Waals surface area contributed by atoms with Crippen molar-refractivity contribution in [3.63, 3.8) is 0 Å². The number of likely N-dealkylation sites (N-methyl/N-ethyl adjacent to an activating group) is 1. The van der Waals surface area contributed by atoms with E-state index < -0.39 is 0 Å². The lowest BCUT2D eigenvalue weighted by atomic mass is 10.2. The molecule has 0 radical (unpaired) electrons. The lowest BCUT2D eigenvalue weighted by molar-refractivity contribution is -0.125. The number of aromatic nitrogens is 3. The maximum atomic E-state index is 11.7. The number of rotatable bonds is 6. The molecule has 0 saturated carbocycles. The van der Waals surface area contributed by atoms with E-state index in [0.29, 0.717) is 11.8 Å². The second kappa shape index (κ2) is 7.26. The molecule has 1 atom stereocenters. The molecular formula is C14H25N5OS. The van der Waals surface area contributed by atoms with Crippen LogP contribution in [-0.2, 0) is 11.3 Å². The van der Waals surface area contributed by atoms with Gasteiger partial charge in [0, 0.05) is 26.7 Å². The SMILES string of the molecule is CCN1CCCC1Cn1c(C)nnc1SCC(=O)N(C)C. The summed E-state index contributed by atoms with van der Waals surface area (Å²) in [6.07, 6.45) is 2.49. The number of likely N-dealkylation sites (tertiary alicyclic amines) is 1. The van der Waals surface area contributed by atoms with Gasteiger partial charge in [0.25, 0.3) is 0 Å². The number of aryl methyl sites for hydroxylation is 1. The molecule has 6 nitrogen and oxygen atoms in total. The maximum absolute atomic E-state index is 11.7. The molecule has 118 valence electrons. The predicted octanol–water partition coefficient (Wildman–Crippen LogP) is 1.25. The number of thioether (sulfide) groups is 1. The van der Waals surface area contributed by atoms with E-state index in [-0.39, 0.29) is 5.91 Å². The highest BCUT2D eigenvalue weighted by Gasteiger charge is 2.25. The summed E-state index contributed by atoms with van der Waals surface area (Å²) >= 11 is 1.48. The van der Waals surface area contributed by atoms with Gasteiger partial charge < -0.3 is 9.47 Å². The summed E-state index contributed by atoms with van der Waals surface area (Å²) < 4.78 is 2.16. The van der Waals surface area contributed by atoms with E-state index in [9.17, 15) is 4.79 Å². The van der Waals surface area contributed by atoms with Gasteiger partial charge in [-0.3, -0.25) is 9.69 Å². The Bertz CT molecular complexity index is 488. The molecule has 21 heavy (non-hydrogen) atoms. The third kappa shape index (κ3) is 3.97. The van der Waals surface area contributed by atoms with Crippen molar-refractivity contribution in [3.8, 4) is 0 Å². The first-order valence-electron chi connectivity index (χ1n) is 7.49. The van der Waals surface area contributed by atoms with Gasteiger partial charge in [-0.25, -0.2) is 0 Å². The maximum Gasteiger partial charge on any atom is 0.232 e. The second-order valence-electron chi connectivity index (χ2n) is 5.64. The van der Waals surface area contributed by atoms with Crippen LogP contribution in [0.2, 0.25) is 0 Å². The molecule has 2 rings (SSSR count). The highest BCUT2D eigenvalue weighted by Crippen LogP contribution is 2.23. The quantitative estimate of drug-likeness (QED) is 0.740. The summed E-state index contributed by atoms with van der Waals surface area (Å²) in [4.78, 5) is 15.8. The first-order valence-corrected chi connectivity index (χ1v) is 8.48. The van der Waals surface area contributed by atoms with Gasteiger partial charge in [0.2, 0.25) is 5.91 Å². The largest absolute Gasteiger partial charge is 0.348 e. The second-order valence-corrected chi connectivity index (χ2v) is 6.58. The van der Waals surface area contributed by atoms with Gasteiger partial charge >= 0.3 is 0 Å². The van der Waals surface area contributed by atoms with Crippen molar-refractivity contribution in [2.75, 3.05) is 32.9 Å². The topological polar surface area (TPSA) is 54.3 Å². The van der Waals surface area contributed by atoms with Gasteiger partial charge in [-0.05, 0) is 32.9 Å². The Labute approximate surface area is 130 Å². The van der Waals surface area contributed by atoms with E-state index in [1.54, 1.807) is 19.0 Å². The Morgan fingerprint density at radius 2 is 2.19 bits per heavy atom. The number of hydrogen-bond acceptors (Lipinski definition) is 5. The van der Waals surface area contributed by atoms with Crippen LogP contribution in [0.3, 0.4) is 0 Å². The fourth-order valence-electron chi connectivity index (χ4n) is 2.66. The monoisotopic (exact) mass is 311 g/mol. The summed E-state index contributed by atoms with van der Waals surface area (Å²) in [5.41, 5.74) is 0. The van der Waals surface area contributed by atoms with Gasteiger partial charge in [-0.15, -0.1) is 10.2 Å². The molecule has 0 spiro atoms. The molecule has 0 N–H and O–H groups in total. The van der Waals surface area contributed by atoms with Crippen LogP contribution in [0.5, 0.6) is 0 Å². The molecule has 1 aromatic rings. The van der Waals surface area contributed by atoms with E-state index >= 15 is 0 Å². The molecule has 1 aliphatic rings. The van der Waals surface area contributed by atoms with Crippen LogP contribution in [0.4, 0.5) is 0 Å². The Morgan fingerprint density at radius 1 is 1.43 bits per heavy atom. The van der Waals surface area contributed by atoms with Crippen LogP contribution in [0.25, 0.3) is 0 Å². The zero-order valence-electron chi connectivity index (χ0n) is 13.4. The number of hydrogen-bond donors (Lipinski definition) is 0. The Hall–Kier alpha value is -1.08. The Kier molecular flexibility index (Phi) is 5.64. The molecular weight excluding hydrogens is 286 g/mol. The van der Waals surface area contributed by atoms with E-state index in [2.05, 4.69) is 26.6 Å². The Balaban J connectivity index is 2.02. The van der Waals surface area contributed by atoms with Crippen LogP contribution >= 0.6 is 11.8 Å². The molecule has 0 bridgehead atoms. The smallest absolute Gasteiger partial charge is 0.232 e. The number of carbonyl (C=O) groups excluding carboxylic acids is 1. The third-order valence-electron chi connectivity index (χ3n) is 4.02. The fourth-order valence-corrected chi connectivity index (χ4v) is 3.63. The highest BCUT2D eigenvalue weighted by molar-refractivity contribution is 7.99. The van der Waals surface area contributed by atoms with Crippen LogP contribution in [0.15, 0.2) is 5.16 Å². The van der Waals surface area contributed by atoms with Crippen molar-refractivity contribution in [2.24, 2.45) is 0 Å². The van der Waals surface area contributed by atoms with Crippen molar-refractivity contribution < 1.29 is 4.79 Å². The standard InChI is InChI=1S/C14H25N5OS/c1-5-18-8-6-7-12(18)9-19-11(2)15-16-14(19)21-10-13(20)17(3)4/h12H,5-10H2,1-4H3. The average Bonchev–Trinajstić information content (AvgIpc) is 3.04. The van der Waals surface area contributed by atoms with E-state index in [0.717, 1.165) is 24.1 Å². The van der Waals surface area contributed by atoms with Crippen molar-refractivity contribution in [1.29, 1.82) is 0 Å². The summed E-state index contributed by atoms with van der Waals surface area (Å²) in [6, 6.07) is 0.564. The molecule has 7 heteroatoms. The number of nitrogens with zero attached hydrogens (tertiary/aromatic N) is 5. The number of carbonyl (C=O) groups is 1. The highest BCUT2D eigenvalue weighted by atomic mass is 32.2. The van der Waals surface area contributed by atoms with E-state index in [1.807, 2.05) is 6.92 Å². The summed E-state index contributed by atoms with van der Waals surface area (Å²) in [5, 5.41) is 9.26. The first kappa shape index (κ1) is 16.3. The molecule has 0 aliphatic carbocycles. The molecule has 1 fully saturated rings. The van der Waals surface area contributed by atoms with E-state index in [1.165, 1.54) is 31.1 Å². The lowest BCUT2D eigenvalue weighted by Crippen LogP contribution is -2.33. The molecule has 1 amide bonds. The predicted molar refractivity (Wildman–Crippen MR) is 84.4 cm³/mol. The van der Waals surface area contributed by atoms with Gasteiger partial charge in [0.1, 0.15) is 5.82 Å². The molecule has 0 aromatic carbocycles. The van der Waals surface area contributed by atoms with E-state index in [4.69, 9.17) is 0 Å². The van der Waals surface area contributed by atoms with Crippen LogP contribution < -0.4 is 0 Å². The van der Waals surface area contributed by atoms with Gasteiger partial charge in [-0.2, -0.15) is 0 Å². The van der Waals surface area contributed by atoms with Gasteiger partial charge in [0.05, 0.1) is 5.75 Å². The summed E-state index contributed by atoms with van der Waals surface area (Å²) in [6.45, 7) is 7.39. The summed E-state index contributed by atoms with van der Waals surface area (Å²) in [5.74, 6) is 1.44. The minimum Gasteiger partial charge on any atom is -0.348 e. The van der Waals surface area contributed by atoms with Crippen LogP contribution in [-0.4, -0.2) is 69.5 Å². The Morgan fingerprint density at radius 3 is 2.86 bits per heavy atom. The fraction of sp³-hybridized carbons (Fsp3) is 0.786. The normalized spacial score (nSPS) is 19.1. The van der Waals surface area contributed by atoms with Crippen LogP contribution in [0.1, 0.15) is 25.6 Å². The first-order chi connectivity index (χ1) is 10.0. The minimum atomic E-state index is 0.100. The zero-order chi connectivity index (χ0) is 15.4. The summed E-state index contributed by atoms with van der Waals surface area (Å²) in [7, 11) is 3.55. The zero-order valence-corrected chi connectivity index (χ0v) is 14.2. The molecule has 1 aliphatic heterocycles. The molecule has 2 heterocycles. The third-order valence-corrected chi connectivity index (χ3v) is 4.98. The van der Waals surface area contributed by atoms with Crippen molar-refractivity contribution in [2.45, 2.75) is 44.4 Å². The molecule has 1 saturated heterocycles. The van der Waals surface area contributed by atoms with Crippen molar-refractivity contribution in [1.82, 2.24) is 24.6 Å². The van der Waals surface area contributed by atoms with Crippen LogP contribution in [0, 0.1) is 6.92 Å². The molecule has 1 aromatic heterocycles. The molecule has 1 unspecified atom stereocenters. The van der Waals surface area contributed by atoms with Crippen molar-refractivity contribution in [3.05, 3.63) is 5.82 Å². The van der Waals surface area contributed by atoms with Gasteiger partial charge in [0.15, 0.2) is 5.16 Å². The van der Waals surface area contributed by atoms with Crippen molar-refractivity contribution >= 4 is 17.7 Å².